The van der Waals surface area contributed by atoms with Crippen molar-refractivity contribution in [1.29, 1.82) is 0 Å². The summed E-state index contributed by atoms with van der Waals surface area (Å²) in [6.45, 7) is 1.67. The Kier molecular flexibility index (Phi) is 3.93. The van der Waals surface area contributed by atoms with Gasteiger partial charge in [-0.05, 0) is 19.8 Å². The summed E-state index contributed by atoms with van der Waals surface area (Å²) in [7, 11) is -3.66. The van der Waals surface area contributed by atoms with Crippen LogP contribution in [0.1, 0.15) is 30.7 Å². The van der Waals surface area contributed by atoms with Gasteiger partial charge in [0.1, 0.15) is 0 Å². The van der Waals surface area contributed by atoms with Crippen molar-refractivity contribution < 1.29 is 18.3 Å². The molecular weight excluding hydrogens is 288 g/mol. The molecule has 2 rings (SSSR count). The molecule has 2 N–H and O–H groups in total. The highest BCUT2D eigenvalue weighted by molar-refractivity contribution is 7.91. The summed E-state index contributed by atoms with van der Waals surface area (Å²) >= 11 is 1.08. The van der Waals surface area contributed by atoms with Gasteiger partial charge in [0.25, 0.3) is 10.0 Å². The lowest BCUT2D eigenvalue weighted by molar-refractivity contribution is -0.148. The molecule has 0 spiro atoms. The molecule has 19 heavy (non-hydrogen) atoms. The van der Waals surface area contributed by atoms with Crippen LogP contribution in [0.3, 0.4) is 0 Å². The molecule has 0 amide bonds. The van der Waals surface area contributed by atoms with Gasteiger partial charge in [0.15, 0.2) is 4.21 Å². The van der Waals surface area contributed by atoms with Gasteiger partial charge in [0, 0.05) is 6.54 Å². The zero-order chi connectivity index (χ0) is 14.1. The lowest BCUT2D eigenvalue weighted by atomic mass is 9.87. The molecule has 8 heteroatoms. The maximum absolute atomic E-state index is 12.0. The van der Waals surface area contributed by atoms with Crippen LogP contribution in [0.4, 0.5) is 0 Å². The maximum atomic E-state index is 12.0. The Labute approximate surface area is 115 Å². The molecule has 1 fully saturated rings. The first-order chi connectivity index (χ1) is 8.86. The standard InChI is InChI=1S/C11H16N2O4S2/c1-8-12-6-9(18-8)19(16,17)13-7-11(10(14)15)4-2-3-5-11/h6,13H,2-5,7H2,1H3,(H,14,15). The van der Waals surface area contributed by atoms with E-state index in [0.29, 0.717) is 17.8 Å². The summed E-state index contributed by atoms with van der Waals surface area (Å²) in [6.07, 6.45) is 3.99. The quantitative estimate of drug-likeness (QED) is 0.856. The van der Waals surface area contributed by atoms with Crippen LogP contribution in [0.25, 0.3) is 0 Å². The molecule has 0 radical (unpaired) electrons. The molecule has 1 aliphatic carbocycles. The maximum Gasteiger partial charge on any atom is 0.310 e. The van der Waals surface area contributed by atoms with Crippen molar-refractivity contribution in [3.05, 3.63) is 11.2 Å². The first-order valence-electron chi connectivity index (χ1n) is 6.01. The fraction of sp³-hybridized carbons (Fsp3) is 0.636. The second-order valence-corrected chi connectivity index (χ2v) is 8.04. The van der Waals surface area contributed by atoms with Crippen LogP contribution in [-0.4, -0.2) is 31.0 Å². The summed E-state index contributed by atoms with van der Waals surface area (Å²) < 4.78 is 26.6. The third kappa shape index (κ3) is 2.96. The van der Waals surface area contributed by atoms with Gasteiger partial charge >= 0.3 is 5.97 Å². The molecular formula is C11H16N2O4S2. The summed E-state index contributed by atoms with van der Waals surface area (Å²) in [5.74, 6) is -0.923. The van der Waals surface area contributed by atoms with E-state index in [2.05, 4.69) is 9.71 Å². The molecule has 0 aromatic carbocycles. The Morgan fingerprint density at radius 3 is 2.63 bits per heavy atom. The number of rotatable bonds is 5. The molecule has 0 atom stereocenters. The van der Waals surface area contributed by atoms with Crippen molar-refractivity contribution in [3.8, 4) is 0 Å². The fourth-order valence-corrected chi connectivity index (χ4v) is 4.57. The Morgan fingerprint density at radius 1 is 1.53 bits per heavy atom. The molecule has 1 saturated carbocycles. The van der Waals surface area contributed by atoms with Crippen LogP contribution in [0.15, 0.2) is 10.4 Å². The molecule has 1 aromatic heterocycles. The van der Waals surface area contributed by atoms with E-state index in [1.165, 1.54) is 6.20 Å². The number of nitrogens with one attached hydrogen (secondary N) is 1. The van der Waals surface area contributed by atoms with E-state index in [1.54, 1.807) is 6.92 Å². The minimum Gasteiger partial charge on any atom is -0.481 e. The lowest BCUT2D eigenvalue weighted by Gasteiger charge is -2.23. The number of hydrogen-bond donors (Lipinski definition) is 2. The highest BCUT2D eigenvalue weighted by atomic mass is 32.2. The van der Waals surface area contributed by atoms with Gasteiger partial charge in [0.05, 0.1) is 16.6 Å². The van der Waals surface area contributed by atoms with Gasteiger partial charge < -0.3 is 5.11 Å². The van der Waals surface area contributed by atoms with Gasteiger partial charge in [-0.2, -0.15) is 0 Å². The van der Waals surface area contributed by atoms with E-state index >= 15 is 0 Å². The first kappa shape index (κ1) is 14.4. The summed E-state index contributed by atoms with van der Waals surface area (Å²) in [6, 6.07) is 0. The Morgan fingerprint density at radius 2 is 2.16 bits per heavy atom. The zero-order valence-electron chi connectivity index (χ0n) is 10.5. The Bertz CT molecular complexity index is 573. The highest BCUT2D eigenvalue weighted by Crippen LogP contribution is 2.38. The van der Waals surface area contributed by atoms with E-state index in [4.69, 9.17) is 0 Å². The van der Waals surface area contributed by atoms with Gasteiger partial charge in [-0.3, -0.25) is 4.79 Å². The van der Waals surface area contributed by atoms with Crippen molar-refractivity contribution >= 4 is 27.3 Å². The number of carbonyl (C=O) groups is 1. The van der Waals surface area contributed by atoms with Crippen molar-refractivity contribution in [3.63, 3.8) is 0 Å². The predicted molar refractivity (Wildman–Crippen MR) is 70.6 cm³/mol. The van der Waals surface area contributed by atoms with Crippen LogP contribution >= 0.6 is 11.3 Å². The van der Waals surface area contributed by atoms with E-state index in [0.717, 1.165) is 24.2 Å². The molecule has 0 saturated heterocycles. The summed E-state index contributed by atoms with van der Waals surface area (Å²) in [4.78, 5) is 15.2. The monoisotopic (exact) mass is 304 g/mol. The molecule has 106 valence electrons. The van der Waals surface area contributed by atoms with E-state index < -0.39 is 21.4 Å². The largest absolute Gasteiger partial charge is 0.481 e. The van der Waals surface area contributed by atoms with Crippen LogP contribution in [0, 0.1) is 12.3 Å². The number of carboxylic acids is 1. The average molecular weight is 304 g/mol. The van der Waals surface area contributed by atoms with E-state index in [-0.39, 0.29) is 10.8 Å². The van der Waals surface area contributed by atoms with Crippen molar-refractivity contribution in [2.24, 2.45) is 5.41 Å². The molecule has 1 aromatic rings. The topological polar surface area (TPSA) is 96.4 Å². The third-order valence-electron chi connectivity index (χ3n) is 3.48. The Balaban J connectivity index is 2.11. The lowest BCUT2D eigenvalue weighted by Crippen LogP contribution is -2.41. The number of aliphatic carboxylic acids is 1. The fourth-order valence-electron chi connectivity index (χ4n) is 2.29. The molecule has 0 bridgehead atoms. The Hall–Kier alpha value is -0.990. The third-order valence-corrected chi connectivity index (χ3v) is 6.26. The average Bonchev–Trinajstić information content (AvgIpc) is 2.96. The number of nitrogens with zero attached hydrogens (tertiary/aromatic N) is 1. The highest BCUT2D eigenvalue weighted by Gasteiger charge is 2.42. The minimum atomic E-state index is -3.66. The molecule has 0 aliphatic heterocycles. The van der Waals surface area contributed by atoms with E-state index in [9.17, 15) is 18.3 Å². The second-order valence-electron chi connectivity index (χ2n) is 4.82. The number of aryl methyl sites for hydroxylation is 1. The van der Waals surface area contributed by atoms with Gasteiger partial charge in [-0.25, -0.2) is 18.1 Å². The summed E-state index contributed by atoms with van der Waals surface area (Å²) in [5.41, 5.74) is -0.952. The second kappa shape index (κ2) is 5.18. The van der Waals surface area contributed by atoms with Gasteiger partial charge in [0.2, 0.25) is 0 Å². The van der Waals surface area contributed by atoms with Crippen molar-refractivity contribution in [2.45, 2.75) is 36.8 Å². The molecule has 1 heterocycles. The van der Waals surface area contributed by atoms with Crippen molar-refractivity contribution in [2.75, 3.05) is 6.54 Å². The van der Waals surface area contributed by atoms with Gasteiger partial charge in [-0.15, -0.1) is 11.3 Å². The zero-order valence-corrected chi connectivity index (χ0v) is 12.2. The number of hydrogen-bond acceptors (Lipinski definition) is 5. The van der Waals surface area contributed by atoms with Crippen LogP contribution < -0.4 is 4.72 Å². The summed E-state index contributed by atoms with van der Waals surface area (Å²) in [5, 5.41) is 9.95. The molecule has 6 nitrogen and oxygen atoms in total. The van der Waals surface area contributed by atoms with Crippen LogP contribution in [0.2, 0.25) is 0 Å². The van der Waals surface area contributed by atoms with Crippen LogP contribution in [0.5, 0.6) is 0 Å². The van der Waals surface area contributed by atoms with Crippen LogP contribution in [-0.2, 0) is 14.8 Å². The molecule has 1 aliphatic rings. The predicted octanol–water partition coefficient (Wildman–Crippen LogP) is 1.37. The van der Waals surface area contributed by atoms with Crippen molar-refractivity contribution in [1.82, 2.24) is 9.71 Å². The number of sulfonamides is 1. The first-order valence-corrected chi connectivity index (χ1v) is 8.31. The molecule has 0 unspecified atom stereocenters. The SMILES string of the molecule is Cc1ncc(S(=O)(=O)NCC2(C(=O)O)CCCC2)s1. The number of thiazole rings is 1. The minimum absolute atomic E-state index is 0.0540. The number of carboxylic acid groups (broad SMARTS) is 1. The normalized spacial score (nSPS) is 18.6. The van der Waals surface area contributed by atoms with Gasteiger partial charge in [-0.1, -0.05) is 12.8 Å². The number of aromatic nitrogens is 1. The smallest absolute Gasteiger partial charge is 0.310 e. The van der Waals surface area contributed by atoms with E-state index in [1.807, 2.05) is 0 Å².